The summed E-state index contributed by atoms with van der Waals surface area (Å²) in [6.07, 6.45) is 0. The van der Waals surface area contributed by atoms with E-state index in [1.165, 1.54) is 0 Å². The van der Waals surface area contributed by atoms with Crippen LogP contribution in [0.2, 0.25) is 0 Å². The fourth-order valence-electron chi connectivity index (χ4n) is 1.54. The topological polar surface area (TPSA) is 30.5 Å². The molecule has 0 spiro atoms. The minimum Gasteiger partial charge on any atom is -0.490 e. The molecule has 0 heterocycles. The standard InChI is InChI=1S/C14H22BrNO2/c1-14(2,3)18-9-8-17-13-11(10-16-4)6-5-7-12(13)15/h5-7,16H,8-10H2,1-4H3. The van der Waals surface area contributed by atoms with Gasteiger partial charge in [-0.1, -0.05) is 12.1 Å². The van der Waals surface area contributed by atoms with Crippen molar-refractivity contribution < 1.29 is 9.47 Å². The number of benzene rings is 1. The lowest BCUT2D eigenvalue weighted by molar-refractivity contribution is -0.0164. The smallest absolute Gasteiger partial charge is 0.138 e. The maximum absolute atomic E-state index is 5.80. The molecule has 102 valence electrons. The van der Waals surface area contributed by atoms with Gasteiger partial charge in [0.05, 0.1) is 16.7 Å². The zero-order valence-electron chi connectivity index (χ0n) is 11.5. The average Bonchev–Trinajstić information content (AvgIpc) is 2.26. The normalized spacial score (nSPS) is 11.6. The molecule has 0 aliphatic rings. The van der Waals surface area contributed by atoms with E-state index in [-0.39, 0.29) is 5.60 Å². The molecule has 0 saturated carbocycles. The van der Waals surface area contributed by atoms with Crippen molar-refractivity contribution in [2.24, 2.45) is 0 Å². The number of hydrogen-bond donors (Lipinski definition) is 1. The van der Waals surface area contributed by atoms with Gasteiger partial charge in [-0.3, -0.25) is 0 Å². The molecule has 0 aromatic heterocycles. The molecule has 4 heteroatoms. The van der Waals surface area contributed by atoms with E-state index in [1.807, 2.05) is 40.0 Å². The summed E-state index contributed by atoms with van der Waals surface area (Å²) < 4.78 is 12.4. The zero-order valence-corrected chi connectivity index (χ0v) is 13.1. The number of hydrogen-bond acceptors (Lipinski definition) is 3. The number of nitrogens with one attached hydrogen (secondary N) is 1. The molecule has 18 heavy (non-hydrogen) atoms. The molecule has 0 bridgehead atoms. The van der Waals surface area contributed by atoms with Crippen molar-refractivity contribution >= 4 is 15.9 Å². The lowest BCUT2D eigenvalue weighted by Gasteiger charge is -2.20. The molecule has 0 radical (unpaired) electrons. The molecule has 1 rings (SSSR count). The van der Waals surface area contributed by atoms with Crippen molar-refractivity contribution in [3.05, 3.63) is 28.2 Å². The fourth-order valence-corrected chi connectivity index (χ4v) is 2.06. The summed E-state index contributed by atoms with van der Waals surface area (Å²) in [5, 5.41) is 3.13. The van der Waals surface area contributed by atoms with Crippen LogP contribution in [0.15, 0.2) is 22.7 Å². The van der Waals surface area contributed by atoms with Gasteiger partial charge in [0, 0.05) is 12.1 Å². The Labute approximate surface area is 118 Å². The van der Waals surface area contributed by atoms with E-state index in [2.05, 4.69) is 27.3 Å². The maximum Gasteiger partial charge on any atom is 0.138 e. The number of ether oxygens (including phenoxy) is 2. The van der Waals surface area contributed by atoms with E-state index in [4.69, 9.17) is 9.47 Å². The molecule has 0 unspecified atom stereocenters. The summed E-state index contributed by atoms with van der Waals surface area (Å²) in [6, 6.07) is 6.05. The van der Waals surface area contributed by atoms with Crippen molar-refractivity contribution in [3.8, 4) is 5.75 Å². The maximum atomic E-state index is 5.80. The van der Waals surface area contributed by atoms with Crippen molar-refractivity contribution in [2.75, 3.05) is 20.3 Å². The van der Waals surface area contributed by atoms with E-state index in [0.717, 1.165) is 22.3 Å². The third kappa shape index (κ3) is 5.38. The van der Waals surface area contributed by atoms with Crippen LogP contribution in [0.4, 0.5) is 0 Å². The lowest BCUT2D eigenvalue weighted by atomic mass is 10.2. The van der Waals surface area contributed by atoms with Gasteiger partial charge in [0.2, 0.25) is 0 Å². The second-order valence-corrected chi connectivity index (χ2v) is 5.92. The Bertz CT molecular complexity index is 375. The van der Waals surface area contributed by atoms with Gasteiger partial charge in [-0.2, -0.15) is 0 Å². The molecule has 0 fully saturated rings. The second-order valence-electron chi connectivity index (χ2n) is 5.07. The summed E-state index contributed by atoms with van der Waals surface area (Å²) in [6.45, 7) is 8.04. The van der Waals surface area contributed by atoms with Gasteiger partial charge in [0.15, 0.2) is 0 Å². The first-order valence-corrected chi connectivity index (χ1v) is 6.92. The Morgan fingerprint density at radius 2 is 1.94 bits per heavy atom. The van der Waals surface area contributed by atoms with Gasteiger partial charge in [0.25, 0.3) is 0 Å². The Balaban J connectivity index is 2.55. The predicted molar refractivity (Wildman–Crippen MR) is 78.1 cm³/mol. The van der Waals surface area contributed by atoms with Gasteiger partial charge in [-0.15, -0.1) is 0 Å². The molecule has 1 aromatic rings. The van der Waals surface area contributed by atoms with Crippen LogP contribution in [-0.2, 0) is 11.3 Å². The van der Waals surface area contributed by atoms with Crippen LogP contribution >= 0.6 is 15.9 Å². The Morgan fingerprint density at radius 1 is 1.22 bits per heavy atom. The summed E-state index contributed by atoms with van der Waals surface area (Å²) in [4.78, 5) is 0. The monoisotopic (exact) mass is 315 g/mol. The van der Waals surface area contributed by atoms with Crippen LogP contribution in [0.5, 0.6) is 5.75 Å². The van der Waals surface area contributed by atoms with Gasteiger partial charge in [0.1, 0.15) is 12.4 Å². The van der Waals surface area contributed by atoms with E-state index >= 15 is 0 Å². The highest BCUT2D eigenvalue weighted by Gasteiger charge is 2.11. The SMILES string of the molecule is CNCc1cccc(Br)c1OCCOC(C)(C)C. The Morgan fingerprint density at radius 3 is 2.56 bits per heavy atom. The van der Waals surface area contributed by atoms with Crippen LogP contribution in [-0.4, -0.2) is 25.9 Å². The van der Waals surface area contributed by atoms with Gasteiger partial charge in [-0.25, -0.2) is 0 Å². The number of para-hydroxylation sites is 1. The van der Waals surface area contributed by atoms with Crippen LogP contribution < -0.4 is 10.1 Å². The molecular formula is C14H22BrNO2. The highest BCUT2D eigenvalue weighted by atomic mass is 79.9. The predicted octanol–water partition coefficient (Wildman–Crippen LogP) is 3.36. The third-order valence-corrected chi connectivity index (χ3v) is 2.91. The molecule has 0 aliphatic carbocycles. The van der Waals surface area contributed by atoms with Crippen LogP contribution in [0.1, 0.15) is 26.3 Å². The first-order chi connectivity index (χ1) is 8.44. The average molecular weight is 316 g/mol. The largest absolute Gasteiger partial charge is 0.490 e. The molecule has 0 saturated heterocycles. The van der Waals surface area contributed by atoms with Crippen LogP contribution in [0.25, 0.3) is 0 Å². The first-order valence-electron chi connectivity index (χ1n) is 6.13. The quantitative estimate of drug-likeness (QED) is 0.816. The zero-order chi connectivity index (χ0) is 13.6. The van der Waals surface area contributed by atoms with Crippen LogP contribution in [0, 0.1) is 0 Å². The molecule has 3 nitrogen and oxygen atoms in total. The van der Waals surface area contributed by atoms with E-state index in [9.17, 15) is 0 Å². The van der Waals surface area contributed by atoms with Gasteiger partial charge < -0.3 is 14.8 Å². The Kier molecular flexibility index (Phi) is 6.12. The lowest BCUT2D eigenvalue weighted by Crippen LogP contribution is -2.22. The van der Waals surface area contributed by atoms with Crippen molar-refractivity contribution in [1.82, 2.24) is 5.32 Å². The van der Waals surface area contributed by atoms with Gasteiger partial charge in [-0.05, 0) is 49.8 Å². The summed E-state index contributed by atoms with van der Waals surface area (Å²) in [7, 11) is 1.92. The van der Waals surface area contributed by atoms with Crippen molar-refractivity contribution in [3.63, 3.8) is 0 Å². The highest BCUT2D eigenvalue weighted by molar-refractivity contribution is 9.10. The minimum absolute atomic E-state index is 0.120. The van der Waals surface area contributed by atoms with Crippen LogP contribution in [0.3, 0.4) is 0 Å². The summed E-state index contributed by atoms with van der Waals surface area (Å²) >= 11 is 3.52. The van der Waals surface area contributed by atoms with Gasteiger partial charge >= 0.3 is 0 Å². The molecule has 1 aromatic carbocycles. The van der Waals surface area contributed by atoms with E-state index in [0.29, 0.717) is 13.2 Å². The van der Waals surface area contributed by atoms with Crippen molar-refractivity contribution in [1.29, 1.82) is 0 Å². The van der Waals surface area contributed by atoms with E-state index < -0.39 is 0 Å². The number of rotatable bonds is 6. The Hall–Kier alpha value is -0.580. The summed E-state index contributed by atoms with van der Waals surface area (Å²) in [5.41, 5.74) is 1.02. The molecule has 0 aliphatic heterocycles. The highest BCUT2D eigenvalue weighted by Crippen LogP contribution is 2.29. The van der Waals surface area contributed by atoms with Crippen molar-refractivity contribution in [2.45, 2.75) is 32.9 Å². The molecular weight excluding hydrogens is 294 g/mol. The number of halogens is 1. The minimum atomic E-state index is -0.120. The third-order valence-electron chi connectivity index (χ3n) is 2.28. The van der Waals surface area contributed by atoms with E-state index in [1.54, 1.807) is 0 Å². The summed E-state index contributed by atoms with van der Waals surface area (Å²) in [5.74, 6) is 0.893. The first kappa shape index (κ1) is 15.5. The molecule has 1 N–H and O–H groups in total. The molecule has 0 amide bonds. The molecule has 0 atom stereocenters. The second kappa shape index (κ2) is 7.12. The fraction of sp³-hybridized carbons (Fsp3) is 0.571.